The summed E-state index contributed by atoms with van der Waals surface area (Å²) >= 11 is 7.76. The number of aromatic carboxylic acids is 1. The molecule has 1 aliphatic heterocycles. The third kappa shape index (κ3) is 4.05. The van der Waals surface area contributed by atoms with E-state index in [-0.39, 0.29) is 17.6 Å². The van der Waals surface area contributed by atoms with Gasteiger partial charge in [0.25, 0.3) is 0 Å². The van der Waals surface area contributed by atoms with Crippen LogP contribution in [0.25, 0.3) is 0 Å². The number of carboxylic acids is 1. The number of rotatable bonds is 3. The van der Waals surface area contributed by atoms with Crippen molar-refractivity contribution in [2.75, 3.05) is 16.8 Å². The maximum atomic E-state index is 11.9. The van der Waals surface area contributed by atoms with Gasteiger partial charge in [-0.1, -0.05) is 11.6 Å². The lowest BCUT2D eigenvalue weighted by Crippen LogP contribution is -2.40. The second kappa shape index (κ2) is 6.85. The Labute approximate surface area is 126 Å². The number of benzene rings is 1. The van der Waals surface area contributed by atoms with Crippen molar-refractivity contribution in [3.05, 3.63) is 28.8 Å². The standard InChI is InChI=1S/C13H15ClN2O3S/c14-10-4-3-8(12(17)18)6-11(10)16-13(19)15-9-2-1-5-20-7-9/h3-4,6,9H,1-2,5,7H2,(H,17,18)(H2,15,16,19). The third-order valence-electron chi connectivity index (χ3n) is 2.96. The topological polar surface area (TPSA) is 78.4 Å². The number of anilines is 1. The van der Waals surface area contributed by atoms with Crippen LogP contribution in [0.1, 0.15) is 23.2 Å². The summed E-state index contributed by atoms with van der Waals surface area (Å²) in [6.07, 6.45) is 2.05. The fraction of sp³-hybridized carbons (Fsp3) is 0.385. The molecular weight excluding hydrogens is 300 g/mol. The predicted molar refractivity (Wildman–Crippen MR) is 80.9 cm³/mol. The maximum absolute atomic E-state index is 11.9. The number of hydrogen-bond acceptors (Lipinski definition) is 3. The molecule has 20 heavy (non-hydrogen) atoms. The Morgan fingerprint density at radius 3 is 2.85 bits per heavy atom. The first kappa shape index (κ1) is 15.0. The van der Waals surface area contributed by atoms with Crippen LogP contribution in [0.3, 0.4) is 0 Å². The Bertz CT molecular complexity index is 518. The minimum Gasteiger partial charge on any atom is -0.478 e. The molecule has 1 atom stereocenters. The van der Waals surface area contributed by atoms with E-state index in [2.05, 4.69) is 10.6 Å². The van der Waals surface area contributed by atoms with Gasteiger partial charge in [-0.2, -0.15) is 11.8 Å². The number of hydrogen-bond donors (Lipinski definition) is 3. The second-order valence-electron chi connectivity index (χ2n) is 4.51. The van der Waals surface area contributed by atoms with Crippen molar-refractivity contribution in [2.24, 2.45) is 0 Å². The van der Waals surface area contributed by atoms with Crippen LogP contribution in [0.5, 0.6) is 0 Å². The number of urea groups is 1. The Morgan fingerprint density at radius 2 is 2.20 bits per heavy atom. The van der Waals surface area contributed by atoms with Gasteiger partial charge in [0.1, 0.15) is 0 Å². The van der Waals surface area contributed by atoms with Gasteiger partial charge in [0.05, 0.1) is 16.3 Å². The highest BCUT2D eigenvalue weighted by molar-refractivity contribution is 7.99. The van der Waals surface area contributed by atoms with E-state index >= 15 is 0 Å². The van der Waals surface area contributed by atoms with Crippen molar-refractivity contribution in [1.82, 2.24) is 5.32 Å². The van der Waals surface area contributed by atoms with E-state index < -0.39 is 5.97 Å². The largest absolute Gasteiger partial charge is 0.478 e. The normalized spacial score (nSPS) is 18.4. The van der Waals surface area contributed by atoms with Crippen LogP contribution >= 0.6 is 23.4 Å². The van der Waals surface area contributed by atoms with Crippen LogP contribution in [0.15, 0.2) is 18.2 Å². The molecule has 5 nitrogen and oxygen atoms in total. The first-order chi connectivity index (χ1) is 9.56. The molecule has 7 heteroatoms. The molecular formula is C13H15ClN2O3S. The molecule has 1 saturated heterocycles. The lowest BCUT2D eigenvalue weighted by atomic mass is 10.2. The van der Waals surface area contributed by atoms with Crippen LogP contribution in [-0.4, -0.2) is 34.7 Å². The highest BCUT2D eigenvalue weighted by Gasteiger charge is 2.17. The number of amides is 2. The summed E-state index contributed by atoms with van der Waals surface area (Å²) in [6, 6.07) is 3.99. The summed E-state index contributed by atoms with van der Waals surface area (Å²) in [5, 5.41) is 14.7. The summed E-state index contributed by atoms with van der Waals surface area (Å²) in [6.45, 7) is 0. The number of thioether (sulfide) groups is 1. The van der Waals surface area contributed by atoms with Gasteiger partial charge in [0.2, 0.25) is 0 Å². The molecule has 1 heterocycles. The minimum atomic E-state index is -1.06. The number of carboxylic acid groups (broad SMARTS) is 1. The summed E-state index contributed by atoms with van der Waals surface area (Å²) in [4.78, 5) is 22.8. The number of carbonyl (C=O) groups is 2. The maximum Gasteiger partial charge on any atom is 0.335 e. The van der Waals surface area contributed by atoms with E-state index in [1.54, 1.807) is 0 Å². The van der Waals surface area contributed by atoms with Gasteiger partial charge < -0.3 is 15.7 Å². The summed E-state index contributed by atoms with van der Waals surface area (Å²) in [5.74, 6) is 0.969. The van der Waals surface area contributed by atoms with E-state index in [1.165, 1.54) is 18.2 Å². The van der Waals surface area contributed by atoms with Crippen LogP contribution in [-0.2, 0) is 0 Å². The van der Waals surface area contributed by atoms with Gasteiger partial charge in [-0.15, -0.1) is 0 Å². The monoisotopic (exact) mass is 314 g/mol. The van der Waals surface area contributed by atoms with E-state index in [0.29, 0.717) is 10.7 Å². The Morgan fingerprint density at radius 1 is 1.40 bits per heavy atom. The van der Waals surface area contributed by atoms with Crippen molar-refractivity contribution in [2.45, 2.75) is 18.9 Å². The zero-order valence-corrected chi connectivity index (χ0v) is 12.3. The van der Waals surface area contributed by atoms with Gasteiger partial charge in [-0.3, -0.25) is 0 Å². The van der Waals surface area contributed by atoms with Crippen molar-refractivity contribution >= 4 is 41.1 Å². The van der Waals surface area contributed by atoms with Gasteiger partial charge >= 0.3 is 12.0 Å². The lowest BCUT2D eigenvalue weighted by Gasteiger charge is -2.22. The molecule has 0 saturated carbocycles. The third-order valence-corrected chi connectivity index (χ3v) is 4.50. The van der Waals surface area contributed by atoms with Gasteiger partial charge in [0.15, 0.2) is 0 Å². The molecule has 0 spiro atoms. The van der Waals surface area contributed by atoms with E-state index in [9.17, 15) is 9.59 Å². The molecule has 1 fully saturated rings. The SMILES string of the molecule is O=C(Nc1cc(C(=O)O)ccc1Cl)NC1CCCSC1. The quantitative estimate of drug-likeness (QED) is 0.801. The fourth-order valence-corrected chi connectivity index (χ4v) is 3.19. The number of carbonyl (C=O) groups excluding carboxylic acids is 1. The van der Waals surface area contributed by atoms with Crippen LogP contribution in [0.2, 0.25) is 5.02 Å². The van der Waals surface area contributed by atoms with E-state index in [4.69, 9.17) is 16.7 Å². The number of nitrogens with one attached hydrogen (secondary N) is 2. The van der Waals surface area contributed by atoms with Crippen LogP contribution in [0, 0.1) is 0 Å². The number of halogens is 1. The molecule has 0 aliphatic carbocycles. The molecule has 0 bridgehead atoms. The molecule has 3 N–H and O–H groups in total. The van der Waals surface area contributed by atoms with Crippen LogP contribution in [0.4, 0.5) is 10.5 Å². The second-order valence-corrected chi connectivity index (χ2v) is 6.07. The van der Waals surface area contributed by atoms with Crippen molar-refractivity contribution in [3.8, 4) is 0 Å². The molecule has 0 radical (unpaired) electrons. The molecule has 1 unspecified atom stereocenters. The predicted octanol–water partition coefficient (Wildman–Crippen LogP) is 3.06. The summed E-state index contributed by atoms with van der Waals surface area (Å²) in [5.41, 5.74) is 0.380. The summed E-state index contributed by atoms with van der Waals surface area (Å²) < 4.78 is 0. The molecule has 0 aromatic heterocycles. The van der Waals surface area contributed by atoms with E-state index in [0.717, 1.165) is 24.3 Å². The highest BCUT2D eigenvalue weighted by Crippen LogP contribution is 2.23. The van der Waals surface area contributed by atoms with Gasteiger partial charge in [0, 0.05) is 11.8 Å². The van der Waals surface area contributed by atoms with Crippen LogP contribution < -0.4 is 10.6 Å². The average Bonchev–Trinajstić information content (AvgIpc) is 2.42. The molecule has 1 aromatic carbocycles. The van der Waals surface area contributed by atoms with Crippen molar-refractivity contribution in [3.63, 3.8) is 0 Å². The summed E-state index contributed by atoms with van der Waals surface area (Å²) in [7, 11) is 0. The van der Waals surface area contributed by atoms with Crippen molar-refractivity contribution in [1.29, 1.82) is 0 Å². The lowest BCUT2D eigenvalue weighted by molar-refractivity contribution is 0.0697. The fourth-order valence-electron chi connectivity index (χ4n) is 1.95. The average molecular weight is 315 g/mol. The van der Waals surface area contributed by atoms with Crippen molar-refractivity contribution < 1.29 is 14.7 Å². The van der Waals surface area contributed by atoms with Gasteiger partial charge in [-0.25, -0.2) is 9.59 Å². The smallest absolute Gasteiger partial charge is 0.335 e. The first-order valence-electron chi connectivity index (χ1n) is 6.24. The Kier molecular flexibility index (Phi) is 5.14. The minimum absolute atomic E-state index is 0.0814. The zero-order chi connectivity index (χ0) is 14.5. The Balaban J connectivity index is 1.99. The zero-order valence-electron chi connectivity index (χ0n) is 10.7. The molecule has 1 aliphatic rings. The molecule has 1 aromatic rings. The molecule has 2 amide bonds. The molecule has 108 valence electrons. The molecule has 2 rings (SSSR count). The van der Waals surface area contributed by atoms with Gasteiger partial charge in [-0.05, 0) is 36.8 Å². The first-order valence-corrected chi connectivity index (χ1v) is 7.77. The Hall–Kier alpha value is -1.40. The van der Waals surface area contributed by atoms with E-state index in [1.807, 2.05) is 11.8 Å². The highest BCUT2D eigenvalue weighted by atomic mass is 35.5.